The van der Waals surface area contributed by atoms with Crippen molar-refractivity contribution in [3.8, 4) is 0 Å². The van der Waals surface area contributed by atoms with Crippen molar-refractivity contribution in [3.63, 3.8) is 0 Å². The molecule has 1 amide bonds. The average molecular weight is 292 g/mol. The third kappa shape index (κ3) is 2.81. The van der Waals surface area contributed by atoms with Gasteiger partial charge in [0.2, 0.25) is 5.91 Å². The zero-order valence-corrected chi connectivity index (χ0v) is 12.4. The molecule has 108 valence electrons. The first kappa shape index (κ1) is 13.8. The molecule has 0 aromatic carbocycles. The SMILES string of the molecule is CSc1nccc(CC2NNC(=O)C3CCCCC23)n1. The standard InChI is InChI=1S/C14H20N4OS/c1-20-14-15-7-6-9(16-14)8-12-10-4-2-3-5-11(10)13(19)18-17-12/h6-7,10-12,17H,2-5,8H2,1H3,(H,18,19). The van der Waals surface area contributed by atoms with Crippen LogP contribution in [0.3, 0.4) is 0 Å². The van der Waals surface area contributed by atoms with Crippen molar-refractivity contribution in [2.45, 2.75) is 43.3 Å². The summed E-state index contributed by atoms with van der Waals surface area (Å²) in [5, 5.41) is 0.808. The average Bonchev–Trinajstić information content (AvgIpc) is 2.51. The first-order valence-electron chi connectivity index (χ1n) is 7.19. The maximum Gasteiger partial charge on any atom is 0.237 e. The van der Waals surface area contributed by atoms with Gasteiger partial charge in [0, 0.05) is 30.3 Å². The lowest BCUT2D eigenvalue weighted by Gasteiger charge is -2.41. The maximum absolute atomic E-state index is 11.9. The monoisotopic (exact) mass is 292 g/mol. The summed E-state index contributed by atoms with van der Waals surface area (Å²) in [6.45, 7) is 0. The van der Waals surface area contributed by atoms with E-state index in [1.807, 2.05) is 18.5 Å². The summed E-state index contributed by atoms with van der Waals surface area (Å²) in [7, 11) is 0. The molecule has 20 heavy (non-hydrogen) atoms. The molecule has 0 bridgehead atoms. The number of nitrogens with zero attached hydrogens (tertiary/aromatic N) is 2. The predicted molar refractivity (Wildman–Crippen MR) is 78.0 cm³/mol. The Balaban J connectivity index is 1.74. The minimum Gasteiger partial charge on any atom is -0.291 e. The van der Waals surface area contributed by atoms with Crippen LogP contribution in [0.5, 0.6) is 0 Å². The van der Waals surface area contributed by atoms with Crippen LogP contribution < -0.4 is 10.9 Å². The fourth-order valence-corrected chi connectivity index (χ4v) is 3.72. The first-order chi connectivity index (χ1) is 9.78. The summed E-state index contributed by atoms with van der Waals surface area (Å²) in [6, 6.07) is 2.25. The second-order valence-corrected chi connectivity index (χ2v) is 6.31. The molecular weight excluding hydrogens is 272 g/mol. The molecule has 2 heterocycles. The van der Waals surface area contributed by atoms with E-state index in [0.29, 0.717) is 5.92 Å². The highest BCUT2D eigenvalue weighted by Crippen LogP contribution is 2.35. The van der Waals surface area contributed by atoms with Crippen molar-refractivity contribution >= 4 is 17.7 Å². The largest absolute Gasteiger partial charge is 0.291 e. The van der Waals surface area contributed by atoms with Crippen molar-refractivity contribution in [3.05, 3.63) is 18.0 Å². The number of thioether (sulfide) groups is 1. The van der Waals surface area contributed by atoms with E-state index in [9.17, 15) is 4.79 Å². The summed E-state index contributed by atoms with van der Waals surface area (Å²) in [5.74, 6) is 0.778. The van der Waals surface area contributed by atoms with Gasteiger partial charge in [-0.15, -0.1) is 0 Å². The van der Waals surface area contributed by atoms with Crippen LogP contribution in [0.2, 0.25) is 0 Å². The van der Waals surface area contributed by atoms with Crippen LogP contribution >= 0.6 is 11.8 Å². The number of carbonyl (C=O) groups is 1. The van der Waals surface area contributed by atoms with E-state index < -0.39 is 0 Å². The molecule has 3 unspecified atom stereocenters. The highest BCUT2D eigenvalue weighted by atomic mass is 32.2. The van der Waals surface area contributed by atoms with Crippen LogP contribution in [0.1, 0.15) is 31.4 Å². The summed E-state index contributed by atoms with van der Waals surface area (Å²) in [6.07, 6.45) is 9.20. The van der Waals surface area contributed by atoms with E-state index in [1.165, 1.54) is 12.8 Å². The fraction of sp³-hybridized carbons (Fsp3) is 0.643. The van der Waals surface area contributed by atoms with E-state index in [-0.39, 0.29) is 17.9 Å². The molecular formula is C14H20N4OS. The lowest BCUT2D eigenvalue weighted by molar-refractivity contribution is -0.133. The smallest absolute Gasteiger partial charge is 0.237 e. The molecule has 3 rings (SSSR count). The molecule has 1 aliphatic carbocycles. The van der Waals surface area contributed by atoms with Crippen molar-refractivity contribution < 1.29 is 4.79 Å². The second kappa shape index (κ2) is 6.10. The molecule has 2 fully saturated rings. The van der Waals surface area contributed by atoms with Crippen LogP contribution in [-0.2, 0) is 11.2 Å². The zero-order chi connectivity index (χ0) is 13.9. The summed E-state index contributed by atoms with van der Waals surface area (Å²) >= 11 is 1.56. The molecule has 0 radical (unpaired) electrons. The number of rotatable bonds is 3. The van der Waals surface area contributed by atoms with Gasteiger partial charge in [0.1, 0.15) is 0 Å². The van der Waals surface area contributed by atoms with Gasteiger partial charge in [-0.05, 0) is 31.1 Å². The molecule has 1 aliphatic heterocycles. The number of carbonyl (C=O) groups excluding carboxylic acids is 1. The van der Waals surface area contributed by atoms with Gasteiger partial charge in [0.15, 0.2) is 5.16 Å². The fourth-order valence-electron chi connectivity index (χ4n) is 3.35. The van der Waals surface area contributed by atoms with Gasteiger partial charge in [0.05, 0.1) is 0 Å². The van der Waals surface area contributed by atoms with Crippen LogP contribution in [-0.4, -0.2) is 28.2 Å². The van der Waals surface area contributed by atoms with Crippen LogP contribution in [0.15, 0.2) is 17.4 Å². The highest BCUT2D eigenvalue weighted by molar-refractivity contribution is 7.98. The van der Waals surface area contributed by atoms with E-state index in [0.717, 1.165) is 30.1 Å². The number of fused-ring (bicyclic) bond motifs is 1. The lowest BCUT2D eigenvalue weighted by atomic mass is 9.73. The van der Waals surface area contributed by atoms with Gasteiger partial charge in [-0.25, -0.2) is 15.4 Å². The molecule has 1 saturated heterocycles. The van der Waals surface area contributed by atoms with E-state index in [4.69, 9.17) is 0 Å². The summed E-state index contributed by atoms with van der Waals surface area (Å²) in [4.78, 5) is 20.7. The Morgan fingerprint density at radius 3 is 3.10 bits per heavy atom. The van der Waals surface area contributed by atoms with Gasteiger partial charge in [-0.2, -0.15) is 0 Å². The minimum absolute atomic E-state index is 0.165. The molecule has 1 aromatic heterocycles. The second-order valence-electron chi connectivity index (χ2n) is 5.53. The molecule has 0 spiro atoms. The summed E-state index contributed by atoms with van der Waals surface area (Å²) in [5.41, 5.74) is 7.07. The molecule has 2 aliphatic rings. The van der Waals surface area contributed by atoms with Crippen molar-refractivity contribution in [1.29, 1.82) is 0 Å². The highest BCUT2D eigenvalue weighted by Gasteiger charge is 2.39. The predicted octanol–water partition coefficient (Wildman–Crippen LogP) is 1.55. The van der Waals surface area contributed by atoms with Crippen LogP contribution in [0.25, 0.3) is 0 Å². The Morgan fingerprint density at radius 1 is 1.40 bits per heavy atom. The molecule has 6 heteroatoms. The first-order valence-corrected chi connectivity index (χ1v) is 8.41. The number of hydrogen-bond acceptors (Lipinski definition) is 5. The number of nitrogens with one attached hydrogen (secondary N) is 2. The van der Waals surface area contributed by atoms with E-state index in [1.54, 1.807) is 11.8 Å². The molecule has 2 N–H and O–H groups in total. The van der Waals surface area contributed by atoms with Gasteiger partial charge < -0.3 is 0 Å². The quantitative estimate of drug-likeness (QED) is 0.653. The number of hydrazine groups is 1. The number of amides is 1. The molecule has 1 saturated carbocycles. The van der Waals surface area contributed by atoms with Crippen molar-refractivity contribution in [1.82, 2.24) is 20.8 Å². The summed E-state index contributed by atoms with van der Waals surface area (Å²) < 4.78 is 0. The van der Waals surface area contributed by atoms with Gasteiger partial charge in [-0.1, -0.05) is 24.6 Å². The minimum atomic E-state index is 0.165. The van der Waals surface area contributed by atoms with Gasteiger partial charge >= 0.3 is 0 Å². The Kier molecular flexibility index (Phi) is 4.21. The van der Waals surface area contributed by atoms with E-state index in [2.05, 4.69) is 20.8 Å². The van der Waals surface area contributed by atoms with Gasteiger partial charge in [0.25, 0.3) is 0 Å². The maximum atomic E-state index is 11.9. The topological polar surface area (TPSA) is 66.9 Å². The van der Waals surface area contributed by atoms with Crippen molar-refractivity contribution in [2.75, 3.05) is 6.26 Å². The van der Waals surface area contributed by atoms with Crippen LogP contribution in [0, 0.1) is 11.8 Å². The van der Waals surface area contributed by atoms with E-state index >= 15 is 0 Å². The Hall–Kier alpha value is -1.14. The Morgan fingerprint density at radius 2 is 2.25 bits per heavy atom. The lowest BCUT2D eigenvalue weighted by Crippen LogP contribution is -2.60. The Bertz CT molecular complexity index is 496. The van der Waals surface area contributed by atoms with Crippen LogP contribution in [0.4, 0.5) is 0 Å². The Labute approximate surface area is 123 Å². The third-order valence-corrected chi connectivity index (χ3v) is 4.92. The number of aromatic nitrogens is 2. The normalized spacial score (nSPS) is 29.6. The van der Waals surface area contributed by atoms with Gasteiger partial charge in [-0.3, -0.25) is 10.2 Å². The third-order valence-electron chi connectivity index (χ3n) is 4.36. The zero-order valence-electron chi connectivity index (χ0n) is 11.6. The molecule has 3 atom stereocenters. The number of hydrogen-bond donors (Lipinski definition) is 2. The van der Waals surface area contributed by atoms with Crippen molar-refractivity contribution in [2.24, 2.45) is 11.8 Å². The molecule has 1 aromatic rings. The molecule has 5 nitrogen and oxygen atoms in total.